The van der Waals surface area contributed by atoms with Gasteiger partial charge in [-0.15, -0.1) is 0 Å². The van der Waals surface area contributed by atoms with Crippen LogP contribution in [-0.2, 0) is 0 Å². The monoisotopic (exact) mass is 378 g/mol. The van der Waals surface area contributed by atoms with Gasteiger partial charge in [0.05, 0.1) is 18.5 Å². The first-order valence-corrected chi connectivity index (χ1v) is 9.33. The Bertz CT molecular complexity index is 1290. The van der Waals surface area contributed by atoms with E-state index in [1.54, 1.807) is 13.3 Å². The number of benzene rings is 2. The van der Waals surface area contributed by atoms with Gasteiger partial charge in [0.15, 0.2) is 5.65 Å². The number of ether oxygens (including phenoxy) is 1. The summed E-state index contributed by atoms with van der Waals surface area (Å²) in [6, 6.07) is 24.3. The van der Waals surface area contributed by atoms with Crippen LogP contribution >= 0.6 is 0 Å². The number of methoxy groups -OCH3 is 1. The highest BCUT2D eigenvalue weighted by Crippen LogP contribution is 2.34. The smallest absolute Gasteiger partial charge is 0.181 e. The van der Waals surface area contributed by atoms with Crippen LogP contribution < -0.4 is 4.74 Å². The Hall–Kier alpha value is -3.99. The molecule has 29 heavy (non-hydrogen) atoms. The number of aromatic nitrogens is 4. The zero-order chi connectivity index (χ0) is 19.6. The van der Waals surface area contributed by atoms with Crippen molar-refractivity contribution in [2.45, 2.75) is 0 Å². The minimum atomic E-state index is 0.676. The summed E-state index contributed by atoms with van der Waals surface area (Å²) in [5.41, 5.74) is 6.64. The maximum atomic E-state index is 5.52. The molecule has 0 amide bonds. The molecule has 0 aliphatic heterocycles. The van der Waals surface area contributed by atoms with Crippen LogP contribution in [0.2, 0.25) is 0 Å². The van der Waals surface area contributed by atoms with E-state index in [0.29, 0.717) is 5.65 Å². The number of pyridine rings is 2. The Morgan fingerprint density at radius 2 is 1.66 bits per heavy atom. The van der Waals surface area contributed by atoms with Crippen LogP contribution in [0.3, 0.4) is 0 Å². The molecule has 0 bridgehead atoms. The first-order valence-electron chi connectivity index (χ1n) is 9.33. The molecule has 5 aromatic rings. The summed E-state index contributed by atoms with van der Waals surface area (Å²) < 4.78 is 5.52. The normalized spacial score (nSPS) is 10.9. The average molecular weight is 378 g/mol. The molecular formula is C24H18N4O. The molecule has 0 spiro atoms. The van der Waals surface area contributed by atoms with Crippen LogP contribution in [0.4, 0.5) is 0 Å². The van der Waals surface area contributed by atoms with E-state index in [-0.39, 0.29) is 0 Å². The number of fused-ring (bicyclic) bond motifs is 1. The van der Waals surface area contributed by atoms with E-state index in [4.69, 9.17) is 4.74 Å². The summed E-state index contributed by atoms with van der Waals surface area (Å²) in [5, 5.41) is 8.44. The van der Waals surface area contributed by atoms with Gasteiger partial charge in [0.2, 0.25) is 0 Å². The second-order valence-electron chi connectivity index (χ2n) is 6.69. The van der Waals surface area contributed by atoms with Crippen LogP contribution in [0.1, 0.15) is 0 Å². The summed E-state index contributed by atoms with van der Waals surface area (Å²) in [4.78, 5) is 9.02. The minimum absolute atomic E-state index is 0.676. The highest BCUT2D eigenvalue weighted by molar-refractivity contribution is 5.94. The van der Waals surface area contributed by atoms with Crippen LogP contribution in [-0.4, -0.2) is 27.3 Å². The number of nitrogens with zero attached hydrogens (tertiary/aromatic N) is 3. The number of aromatic amines is 1. The standard InChI is InChI=1S/C24H18N4O/c1-29-22-11-3-2-9-19(22)23-20-14-18(15-26-24(20)28-27-23)16-7-6-8-17(13-16)21-10-4-5-12-25-21/h2-15H,1H3,(H,26,27,28). The van der Waals surface area contributed by atoms with Gasteiger partial charge < -0.3 is 4.74 Å². The van der Waals surface area contributed by atoms with Crippen molar-refractivity contribution in [1.29, 1.82) is 0 Å². The predicted octanol–water partition coefficient (Wildman–Crippen LogP) is 5.36. The molecule has 0 saturated heterocycles. The molecule has 0 unspecified atom stereocenters. The molecule has 5 rings (SSSR count). The van der Waals surface area contributed by atoms with E-state index in [9.17, 15) is 0 Å². The van der Waals surface area contributed by atoms with Crippen LogP contribution in [0.15, 0.2) is 85.2 Å². The van der Waals surface area contributed by atoms with Gasteiger partial charge in [0.25, 0.3) is 0 Å². The van der Waals surface area contributed by atoms with Crippen molar-refractivity contribution in [3.63, 3.8) is 0 Å². The molecule has 3 aromatic heterocycles. The third-order valence-electron chi connectivity index (χ3n) is 4.94. The van der Waals surface area contributed by atoms with Crippen molar-refractivity contribution < 1.29 is 4.74 Å². The zero-order valence-electron chi connectivity index (χ0n) is 15.8. The fourth-order valence-corrected chi connectivity index (χ4v) is 3.51. The number of H-pyrrole nitrogens is 1. The molecule has 5 heteroatoms. The molecule has 1 N–H and O–H groups in total. The first kappa shape index (κ1) is 17.1. The van der Waals surface area contributed by atoms with Crippen molar-refractivity contribution in [2.75, 3.05) is 7.11 Å². The Morgan fingerprint density at radius 3 is 2.52 bits per heavy atom. The second kappa shape index (κ2) is 7.20. The van der Waals surface area contributed by atoms with Gasteiger partial charge in [0.1, 0.15) is 5.75 Å². The lowest BCUT2D eigenvalue weighted by Gasteiger charge is -2.08. The first-order chi connectivity index (χ1) is 14.3. The minimum Gasteiger partial charge on any atom is -0.496 e. The largest absolute Gasteiger partial charge is 0.496 e. The van der Waals surface area contributed by atoms with E-state index in [1.807, 2.05) is 54.7 Å². The van der Waals surface area contributed by atoms with Gasteiger partial charge in [-0.1, -0.05) is 36.4 Å². The number of rotatable bonds is 4. The molecule has 140 valence electrons. The molecule has 2 aromatic carbocycles. The molecule has 0 aliphatic carbocycles. The summed E-state index contributed by atoms with van der Waals surface area (Å²) in [6.07, 6.45) is 3.66. The molecule has 0 radical (unpaired) electrons. The van der Waals surface area contributed by atoms with E-state index in [2.05, 4.69) is 44.4 Å². The number of hydrogen-bond acceptors (Lipinski definition) is 4. The molecule has 0 saturated carbocycles. The highest BCUT2D eigenvalue weighted by atomic mass is 16.5. The van der Waals surface area contributed by atoms with E-state index >= 15 is 0 Å². The van der Waals surface area contributed by atoms with Crippen LogP contribution in [0, 0.1) is 0 Å². The lowest BCUT2D eigenvalue weighted by atomic mass is 10.0. The van der Waals surface area contributed by atoms with E-state index in [0.717, 1.165) is 44.8 Å². The third kappa shape index (κ3) is 3.12. The zero-order valence-corrected chi connectivity index (χ0v) is 15.8. The maximum Gasteiger partial charge on any atom is 0.181 e. The number of hydrogen-bond donors (Lipinski definition) is 1. The molecular weight excluding hydrogens is 360 g/mol. The van der Waals surface area contributed by atoms with Crippen LogP contribution in [0.25, 0.3) is 44.7 Å². The van der Waals surface area contributed by atoms with Gasteiger partial charge in [-0.25, -0.2) is 4.98 Å². The molecule has 0 aliphatic rings. The van der Waals surface area contributed by atoms with Crippen molar-refractivity contribution in [2.24, 2.45) is 0 Å². The van der Waals surface area contributed by atoms with Crippen molar-refractivity contribution in [1.82, 2.24) is 20.2 Å². The van der Waals surface area contributed by atoms with E-state index in [1.165, 1.54) is 0 Å². The Balaban J connectivity index is 1.63. The average Bonchev–Trinajstić information content (AvgIpc) is 3.23. The Morgan fingerprint density at radius 1 is 0.793 bits per heavy atom. The fourth-order valence-electron chi connectivity index (χ4n) is 3.51. The van der Waals surface area contributed by atoms with Gasteiger partial charge in [-0.3, -0.25) is 10.1 Å². The third-order valence-corrected chi connectivity index (χ3v) is 4.94. The maximum absolute atomic E-state index is 5.52. The number of nitrogens with one attached hydrogen (secondary N) is 1. The number of para-hydroxylation sites is 1. The van der Waals surface area contributed by atoms with Gasteiger partial charge in [-0.2, -0.15) is 5.10 Å². The van der Waals surface area contributed by atoms with Crippen LogP contribution in [0.5, 0.6) is 5.75 Å². The van der Waals surface area contributed by atoms with Gasteiger partial charge in [0, 0.05) is 34.5 Å². The van der Waals surface area contributed by atoms with Crippen molar-refractivity contribution in [3.05, 3.63) is 85.2 Å². The summed E-state index contributed by atoms with van der Waals surface area (Å²) in [6.45, 7) is 0. The van der Waals surface area contributed by atoms with E-state index < -0.39 is 0 Å². The van der Waals surface area contributed by atoms with Crippen molar-refractivity contribution in [3.8, 4) is 39.4 Å². The molecule has 5 nitrogen and oxygen atoms in total. The molecule has 0 fully saturated rings. The van der Waals surface area contributed by atoms with Gasteiger partial charge >= 0.3 is 0 Å². The summed E-state index contributed by atoms with van der Waals surface area (Å²) in [5.74, 6) is 0.792. The quantitative estimate of drug-likeness (QED) is 0.457. The summed E-state index contributed by atoms with van der Waals surface area (Å²) >= 11 is 0. The predicted molar refractivity (Wildman–Crippen MR) is 115 cm³/mol. The molecule has 0 atom stereocenters. The fraction of sp³-hybridized carbons (Fsp3) is 0.0417. The topological polar surface area (TPSA) is 63.7 Å². The molecule has 3 heterocycles. The Labute approximate surface area is 168 Å². The van der Waals surface area contributed by atoms with Crippen molar-refractivity contribution >= 4 is 11.0 Å². The second-order valence-corrected chi connectivity index (χ2v) is 6.69. The summed E-state index contributed by atoms with van der Waals surface area (Å²) in [7, 11) is 1.67. The Kier molecular flexibility index (Phi) is 4.26. The highest BCUT2D eigenvalue weighted by Gasteiger charge is 2.14. The lowest BCUT2D eigenvalue weighted by molar-refractivity contribution is 0.416. The SMILES string of the molecule is COc1ccccc1-c1[nH]nc2ncc(-c3cccc(-c4ccccn4)c3)cc12. The van der Waals surface area contributed by atoms with Gasteiger partial charge in [-0.05, 0) is 42.0 Å². The lowest BCUT2D eigenvalue weighted by Crippen LogP contribution is -1.88.